The molecular formula is C29H24N6OS. The van der Waals surface area contributed by atoms with E-state index in [9.17, 15) is 4.79 Å². The number of carbonyl (C=O) groups is 1. The first kappa shape index (κ1) is 21.9. The van der Waals surface area contributed by atoms with Crippen LogP contribution in [0.2, 0.25) is 0 Å². The van der Waals surface area contributed by atoms with Gasteiger partial charge in [0.05, 0.1) is 35.0 Å². The number of amides is 1. The van der Waals surface area contributed by atoms with Gasteiger partial charge in [0.15, 0.2) is 0 Å². The van der Waals surface area contributed by atoms with Crippen molar-refractivity contribution >= 4 is 44.7 Å². The van der Waals surface area contributed by atoms with Crippen molar-refractivity contribution in [2.75, 3.05) is 5.32 Å². The Morgan fingerprint density at radius 3 is 2.76 bits per heavy atom. The molecule has 7 nitrogen and oxygen atoms in total. The Morgan fingerprint density at radius 2 is 1.89 bits per heavy atom. The lowest BCUT2D eigenvalue weighted by Crippen LogP contribution is -2.20. The highest BCUT2D eigenvalue weighted by atomic mass is 32.1. The molecule has 1 aliphatic carbocycles. The van der Waals surface area contributed by atoms with Gasteiger partial charge in [0.2, 0.25) is 5.91 Å². The van der Waals surface area contributed by atoms with Crippen molar-refractivity contribution in [3.8, 4) is 33.8 Å². The highest BCUT2D eigenvalue weighted by molar-refractivity contribution is 7.08. The summed E-state index contributed by atoms with van der Waals surface area (Å²) < 4.78 is 0. The average Bonchev–Trinajstić information content (AvgIpc) is 3.74. The molecule has 0 saturated heterocycles. The van der Waals surface area contributed by atoms with Crippen LogP contribution in [0, 0.1) is 5.92 Å². The molecule has 6 aromatic rings. The van der Waals surface area contributed by atoms with Crippen molar-refractivity contribution in [3.05, 3.63) is 71.8 Å². The molecule has 0 radical (unpaired) electrons. The molecule has 3 N–H and O–H groups in total. The van der Waals surface area contributed by atoms with Crippen LogP contribution in [0.4, 0.5) is 5.69 Å². The molecule has 1 aromatic carbocycles. The quantitative estimate of drug-likeness (QED) is 0.235. The highest BCUT2D eigenvalue weighted by Crippen LogP contribution is 2.35. The molecular weight excluding hydrogens is 480 g/mol. The van der Waals surface area contributed by atoms with Crippen molar-refractivity contribution in [3.63, 3.8) is 0 Å². The predicted molar refractivity (Wildman–Crippen MR) is 148 cm³/mol. The van der Waals surface area contributed by atoms with Crippen LogP contribution >= 0.6 is 11.3 Å². The largest absolute Gasteiger partial charge is 0.353 e. The zero-order valence-electron chi connectivity index (χ0n) is 20.0. The first-order valence-corrected chi connectivity index (χ1v) is 13.4. The third-order valence-corrected chi connectivity index (χ3v) is 7.91. The number of rotatable bonds is 5. The van der Waals surface area contributed by atoms with E-state index in [-0.39, 0.29) is 11.8 Å². The highest BCUT2D eigenvalue weighted by Gasteiger charge is 2.23. The number of carbonyl (C=O) groups excluding carboxylic acids is 1. The van der Waals surface area contributed by atoms with Crippen LogP contribution in [0.25, 0.3) is 55.6 Å². The zero-order chi connectivity index (χ0) is 24.8. The number of nitrogens with zero attached hydrogens (tertiary/aromatic N) is 3. The number of aromatic amines is 2. The van der Waals surface area contributed by atoms with Crippen LogP contribution in [0.3, 0.4) is 0 Å². The van der Waals surface area contributed by atoms with Crippen LogP contribution in [0.15, 0.2) is 71.8 Å². The fourth-order valence-corrected chi connectivity index (χ4v) is 5.97. The number of hydrogen-bond acceptors (Lipinski definition) is 5. The summed E-state index contributed by atoms with van der Waals surface area (Å²) in [7, 11) is 0. The monoisotopic (exact) mass is 504 g/mol. The van der Waals surface area contributed by atoms with Crippen LogP contribution < -0.4 is 5.32 Å². The van der Waals surface area contributed by atoms with Crippen molar-refractivity contribution in [1.29, 1.82) is 0 Å². The van der Waals surface area contributed by atoms with Gasteiger partial charge in [-0.15, -0.1) is 0 Å². The van der Waals surface area contributed by atoms with E-state index in [1.54, 1.807) is 29.9 Å². The number of fused-ring (bicyclic) bond motifs is 2. The summed E-state index contributed by atoms with van der Waals surface area (Å²) >= 11 is 1.70. The predicted octanol–water partition coefficient (Wildman–Crippen LogP) is 7.03. The van der Waals surface area contributed by atoms with Gasteiger partial charge in [-0.3, -0.25) is 19.9 Å². The van der Waals surface area contributed by atoms with Crippen LogP contribution in [0.5, 0.6) is 0 Å². The smallest absolute Gasteiger partial charge is 0.227 e. The molecule has 1 amide bonds. The average molecular weight is 505 g/mol. The molecule has 5 heterocycles. The molecule has 8 heteroatoms. The van der Waals surface area contributed by atoms with E-state index >= 15 is 0 Å². The summed E-state index contributed by atoms with van der Waals surface area (Å²) in [6, 6.07) is 14.6. The number of hydrogen-bond donors (Lipinski definition) is 3. The molecule has 0 aliphatic heterocycles. The van der Waals surface area contributed by atoms with Gasteiger partial charge >= 0.3 is 0 Å². The Morgan fingerprint density at radius 1 is 0.973 bits per heavy atom. The van der Waals surface area contributed by atoms with Gasteiger partial charge in [0.1, 0.15) is 5.69 Å². The maximum atomic E-state index is 12.6. The van der Waals surface area contributed by atoms with Crippen molar-refractivity contribution in [2.45, 2.75) is 25.7 Å². The van der Waals surface area contributed by atoms with Gasteiger partial charge in [-0.2, -0.15) is 16.4 Å². The second-order valence-electron chi connectivity index (χ2n) is 9.58. The minimum Gasteiger partial charge on any atom is -0.353 e. The van der Waals surface area contributed by atoms with E-state index in [1.165, 1.54) is 11.1 Å². The third kappa shape index (κ3) is 3.99. The Labute approximate surface area is 217 Å². The van der Waals surface area contributed by atoms with Gasteiger partial charge in [-0.25, -0.2) is 0 Å². The fraction of sp³-hybridized carbons (Fsp3) is 0.172. The van der Waals surface area contributed by atoms with E-state index < -0.39 is 0 Å². The number of thiophene rings is 1. The van der Waals surface area contributed by atoms with E-state index in [1.807, 2.05) is 12.1 Å². The summed E-state index contributed by atoms with van der Waals surface area (Å²) in [6.07, 6.45) is 9.43. The number of H-pyrrole nitrogens is 2. The topological polar surface area (TPSA) is 99.4 Å². The lowest BCUT2D eigenvalue weighted by atomic mass is 10.0. The molecule has 1 saturated carbocycles. The Balaban J connectivity index is 1.25. The second-order valence-corrected chi connectivity index (χ2v) is 10.4. The minimum absolute atomic E-state index is 0.0811. The molecule has 182 valence electrons. The molecule has 37 heavy (non-hydrogen) atoms. The summed E-state index contributed by atoms with van der Waals surface area (Å²) in [4.78, 5) is 25.2. The number of anilines is 1. The van der Waals surface area contributed by atoms with Gasteiger partial charge in [-0.05, 0) is 65.1 Å². The Bertz CT molecular complexity index is 1740. The SMILES string of the molecule is O=C(Nc1cncc(-c2cc3c(-c4cc5c(-c6ccsc6)cccc5[nH]4)n[nH]c3cn2)c1)C1CCCC1. The number of aromatic nitrogens is 5. The molecule has 0 atom stereocenters. The van der Waals surface area contributed by atoms with Crippen LogP contribution in [-0.2, 0) is 4.79 Å². The van der Waals surface area contributed by atoms with Crippen LogP contribution in [0.1, 0.15) is 25.7 Å². The summed E-state index contributed by atoms with van der Waals surface area (Å²) in [5.74, 6) is 0.181. The number of nitrogens with one attached hydrogen (secondary N) is 3. The van der Waals surface area contributed by atoms with E-state index in [0.717, 1.165) is 70.1 Å². The maximum absolute atomic E-state index is 12.6. The summed E-state index contributed by atoms with van der Waals surface area (Å²) in [5, 5.41) is 17.2. The third-order valence-electron chi connectivity index (χ3n) is 7.23. The Kier molecular flexibility index (Phi) is 5.32. The van der Waals surface area contributed by atoms with E-state index in [4.69, 9.17) is 0 Å². The minimum atomic E-state index is 0.0811. The van der Waals surface area contributed by atoms with Gasteiger partial charge < -0.3 is 10.3 Å². The van der Waals surface area contributed by atoms with E-state index in [0.29, 0.717) is 5.69 Å². The summed E-state index contributed by atoms with van der Waals surface area (Å²) in [5.41, 5.74) is 8.43. The molecule has 7 rings (SSSR count). The first-order valence-electron chi connectivity index (χ1n) is 12.5. The first-order chi connectivity index (χ1) is 18.2. The Hall–Kier alpha value is -4.30. The van der Waals surface area contributed by atoms with Crippen molar-refractivity contribution < 1.29 is 4.79 Å². The molecule has 1 aliphatic rings. The van der Waals surface area contributed by atoms with Crippen molar-refractivity contribution in [2.24, 2.45) is 5.92 Å². The van der Waals surface area contributed by atoms with Crippen molar-refractivity contribution in [1.82, 2.24) is 25.1 Å². The molecule has 0 unspecified atom stereocenters. The molecule has 1 fully saturated rings. The van der Waals surface area contributed by atoms with E-state index in [2.05, 4.69) is 71.6 Å². The molecule has 5 aromatic heterocycles. The van der Waals surface area contributed by atoms with Gasteiger partial charge in [0, 0.05) is 34.0 Å². The number of pyridine rings is 2. The van der Waals surface area contributed by atoms with Gasteiger partial charge in [0.25, 0.3) is 0 Å². The fourth-order valence-electron chi connectivity index (χ4n) is 5.31. The lowest BCUT2D eigenvalue weighted by molar-refractivity contribution is -0.119. The summed E-state index contributed by atoms with van der Waals surface area (Å²) in [6.45, 7) is 0. The van der Waals surface area contributed by atoms with Crippen LogP contribution in [-0.4, -0.2) is 31.1 Å². The molecule has 0 spiro atoms. The van der Waals surface area contributed by atoms with Gasteiger partial charge in [-0.1, -0.05) is 25.0 Å². The maximum Gasteiger partial charge on any atom is 0.227 e. The second kappa shape index (κ2) is 8.97. The standard InChI is InChI=1S/C29H24N6OS/c36-29(17-4-1-2-5-17)32-20-10-19(13-30-14-20)25-12-23-27(15-31-25)34-35-28(23)26-11-22-21(18-8-9-37-16-18)6-3-7-24(22)33-26/h3,6-17,33H,1-2,4-5H2,(H,32,36)(H,34,35). The zero-order valence-corrected chi connectivity index (χ0v) is 20.8. The molecule has 0 bridgehead atoms. The number of benzene rings is 1. The normalized spacial score (nSPS) is 14.1. The lowest BCUT2D eigenvalue weighted by Gasteiger charge is -2.11.